The van der Waals surface area contributed by atoms with Gasteiger partial charge >= 0.3 is 30.5 Å². The Hall–Kier alpha value is -10.0. The van der Waals surface area contributed by atoms with Gasteiger partial charge in [-0.05, 0) is 228 Å². The van der Waals surface area contributed by atoms with Crippen LogP contribution in [0.4, 0.5) is 52.4 Å². The molecule has 764 valence electrons. The van der Waals surface area contributed by atoms with E-state index in [1.54, 1.807) is 126 Å². The number of fused-ring (bicyclic) bond motifs is 6. The highest BCUT2D eigenvalue weighted by Gasteiger charge is 2.45. The topological polar surface area (TPSA) is 335 Å². The number of nitrogens with zero attached hydrogens (tertiary/aromatic N) is 10. The van der Waals surface area contributed by atoms with Gasteiger partial charge in [0.25, 0.3) is 0 Å². The lowest BCUT2D eigenvalue weighted by Crippen LogP contribution is -2.50. The van der Waals surface area contributed by atoms with E-state index in [0.717, 1.165) is 92.7 Å². The van der Waals surface area contributed by atoms with Gasteiger partial charge in [0.2, 0.25) is 50.1 Å². The van der Waals surface area contributed by atoms with Crippen LogP contribution in [0.15, 0.2) is 259 Å². The molecule has 10 aliphatic heterocycles. The van der Waals surface area contributed by atoms with E-state index in [-0.39, 0.29) is 128 Å². The highest BCUT2D eigenvalue weighted by atomic mass is 79.9. The predicted octanol–water partition coefficient (Wildman–Crippen LogP) is 21.7. The van der Waals surface area contributed by atoms with E-state index in [9.17, 15) is 66.1 Å². The fourth-order valence-corrected chi connectivity index (χ4v) is 29.9. The number of hydrogen-bond acceptors (Lipinski definition) is 20. The van der Waals surface area contributed by atoms with E-state index in [1.165, 1.54) is 35.4 Å². The van der Waals surface area contributed by atoms with Gasteiger partial charge in [-0.15, -0.1) is 0 Å². The Balaban J connectivity index is 0.000000124. The van der Waals surface area contributed by atoms with Crippen molar-refractivity contribution in [1.82, 2.24) is 21.5 Å². The minimum absolute atomic E-state index is 0.0682. The van der Waals surface area contributed by atoms with Crippen molar-refractivity contribution in [2.24, 2.45) is 0 Å². The smallest absolute Gasteiger partial charge is 0.414 e. The molecule has 30 nitrogen and oxygen atoms in total. The zero-order valence-corrected chi connectivity index (χ0v) is 89.8. The summed E-state index contributed by atoms with van der Waals surface area (Å²) >= 11 is 37.2. The van der Waals surface area contributed by atoms with Crippen LogP contribution in [-0.4, -0.2) is 195 Å². The molecule has 0 bridgehead atoms. The first-order valence-corrected chi connectivity index (χ1v) is 58.1. The summed E-state index contributed by atoms with van der Waals surface area (Å²) in [6, 6.07) is 67.8. The van der Waals surface area contributed by atoms with Crippen molar-refractivity contribution in [2.75, 3.05) is 95.7 Å². The monoisotopic (exact) mass is 2290 g/mol. The van der Waals surface area contributed by atoms with Gasteiger partial charge in [-0.3, -0.25) is 24.5 Å². The molecule has 0 unspecified atom stereocenters. The van der Waals surface area contributed by atoms with Crippen LogP contribution in [0.5, 0.6) is 0 Å². The van der Waals surface area contributed by atoms with E-state index in [1.807, 2.05) is 129 Å². The number of para-hydroxylation sites is 1. The molecule has 0 radical (unpaired) electrons. The summed E-state index contributed by atoms with van der Waals surface area (Å²) in [5, 5.41) is 4.02. The molecule has 0 saturated carbocycles. The average Bonchev–Trinajstić information content (AvgIpc) is 0.766. The van der Waals surface area contributed by atoms with E-state index in [4.69, 9.17) is 81.7 Å². The largest absolute Gasteiger partial charge is 0.444 e. The molecule has 5 amide bonds. The van der Waals surface area contributed by atoms with E-state index in [0.29, 0.717) is 146 Å². The molecule has 10 aliphatic rings. The maximum absolute atomic E-state index is 13.1. The third kappa shape index (κ3) is 23.5. The number of ether oxygens (including phenoxy) is 5. The number of carbonyl (C=O) groups is 5. The summed E-state index contributed by atoms with van der Waals surface area (Å²) in [7, 11) is -17.9. The fourth-order valence-electron chi connectivity index (χ4n) is 20.0. The van der Waals surface area contributed by atoms with Gasteiger partial charge in [0.15, 0.2) is 0 Å². The second-order valence-electron chi connectivity index (χ2n) is 36.3. The number of sulfonamides is 5. The van der Waals surface area contributed by atoms with Crippen LogP contribution < -0.4 is 24.5 Å². The van der Waals surface area contributed by atoms with Gasteiger partial charge in [-0.2, -0.15) is 17.2 Å². The zero-order valence-electron chi connectivity index (χ0n) is 78.7. The first-order chi connectivity index (χ1) is 69.4. The maximum atomic E-state index is 13.1. The van der Waals surface area contributed by atoms with E-state index in [2.05, 4.69) is 31.9 Å². The second-order valence-corrected chi connectivity index (χ2v) is 49.9. The number of aryl methyl sites for hydroxylation is 3. The van der Waals surface area contributed by atoms with Gasteiger partial charge in [0.05, 0.1) is 54.2 Å². The van der Waals surface area contributed by atoms with Crippen molar-refractivity contribution in [3.05, 3.63) is 309 Å². The van der Waals surface area contributed by atoms with Crippen molar-refractivity contribution < 1.29 is 89.7 Å². The van der Waals surface area contributed by atoms with Crippen LogP contribution in [0, 0.1) is 13.8 Å². The summed E-state index contributed by atoms with van der Waals surface area (Å²) < 4.78 is 165. The van der Waals surface area contributed by atoms with Crippen molar-refractivity contribution in [3.8, 4) is 0 Å². The summed E-state index contributed by atoms with van der Waals surface area (Å²) in [5.74, 6) is 0.0682. The molecular formula is C103H103Br2Cl5N10O20S5. The van der Waals surface area contributed by atoms with Crippen LogP contribution in [0.25, 0.3) is 10.8 Å². The molecule has 11 aromatic carbocycles. The number of benzene rings is 11. The van der Waals surface area contributed by atoms with Crippen molar-refractivity contribution in [2.45, 2.75) is 167 Å². The van der Waals surface area contributed by atoms with Gasteiger partial charge in [-0.1, -0.05) is 205 Å². The Morgan fingerprint density at radius 1 is 0.310 bits per heavy atom. The summed E-state index contributed by atoms with van der Waals surface area (Å²) in [6.07, 6.45) is 3.93. The number of piperidine rings is 5. The lowest BCUT2D eigenvalue weighted by molar-refractivity contribution is 0.135. The molecular weight excluding hydrogens is 2190 g/mol. The minimum atomic E-state index is -3.68. The van der Waals surface area contributed by atoms with Crippen LogP contribution >= 0.6 is 89.9 Å². The zero-order chi connectivity index (χ0) is 103. The Bertz CT molecular complexity index is 7190. The number of hydrogen-bond donors (Lipinski definition) is 0. The number of anilines is 5. The van der Waals surface area contributed by atoms with Crippen LogP contribution in [0.1, 0.15) is 109 Å². The fraction of sp³-hybridized carbons (Fsp3) is 0.330. The molecule has 21 rings (SSSR count). The standard InChI is InChI=1S/C25H25ClN2O4S.2C20H21ClN2O4S.C19H18Br2N2O4S.C19H18Cl2N2O4S/c26-21-8-9-24-20(16-21)17-32-25(29)28(24)22-10-13-27(14-11-22)33(30,31)15-12-19-6-3-5-18-4-1-2-7-23(18)19;1-14-5-4-6-15-13-27-20(24)23(19(14)15)16-9-11-22(12-10-16)28(25,26)18-8-3-2-7-17(18)21;1-14-6-7-18-15(12-14)13-27-20(24)23(18)16-8-10-22(11-9-16)28(25,26)19-5-3-2-4-17(19)21;20-14-1-4-17(5-2-14)28(25,26)22-9-7-16(8-10-22)23-18-6-3-15(21)11-13(18)12-27-19(23)24;20-14-5-6-17-13(11-14)12-27-19(24)23(17)15-7-9-22(10-8-15)28(25,26)18-4-2-1-3-16(18)21/h1-9,16,22H,10-15,17H2;2-8,16H,9-13H2,1H3;2-7,12,16H,8-11,13H2,1H3;1-6,11,16H,7-10,12H2;1-6,11,15H,7-10,12H2. The highest BCUT2D eigenvalue weighted by molar-refractivity contribution is 9.10. The maximum Gasteiger partial charge on any atom is 0.414 e. The molecule has 42 heteroatoms. The van der Waals surface area contributed by atoms with Crippen LogP contribution in [-0.2, 0) is 113 Å². The Kier molecular flexibility index (Phi) is 33.4. The molecule has 0 aromatic heterocycles. The lowest BCUT2D eigenvalue weighted by Gasteiger charge is -2.40. The quantitative estimate of drug-likeness (QED) is 0.0764. The number of amides is 5. The molecule has 0 N–H and O–H groups in total. The molecule has 10 heterocycles. The first kappa shape index (κ1) is 106. The van der Waals surface area contributed by atoms with Gasteiger partial charge in [0, 0.05) is 142 Å². The third-order valence-corrected chi connectivity index (χ3v) is 39.8. The minimum Gasteiger partial charge on any atom is -0.444 e. The predicted molar refractivity (Wildman–Crippen MR) is 564 cm³/mol. The Labute approximate surface area is 885 Å². The number of carbonyl (C=O) groups excluding carboxylic acids is 5. The number of rotatable bonds is 17. The number of halogens is 7. The molecule has 0 atom stereocenters. The molecule has 5 fully saturated rings. The van der Waals surface area contributed by atoms with Crippen molar-refractivity contribution >= 4 is 210 Å². The van der Waals surface area contributed by atoms with Crippen molar-refractivity contribution in [3.63, 3.8) is 0 Å². The molecule has 0 aliphatic carbocycles. The summed E-state index contributed by atoms with van der Waals surface area (Å²) in [4.78, 5) is 71.3. The van der Waals surface area contributed by atoms with Crippen molar-refractivity contribution in [1.29, 1.82) is 0 Å². The SMILES string of the molecule is Cc1ccc2c(c1)COC(=O)N2C1CCN(S(=O)(=O)c2ccccc2Cl)CC1.Cc1cccc2c1N(C1CCN(S(=O)(=O)c3ccccc3Cl)CC1)C(=O)OC2.O=C1OCc2cc(Br)ccc2N1C1CCN(S(=O)(=O)c2ccc(Br)cc2)CC1.O=C1OCc2cc(Cl)ccc2N1C1CCN(S(=O)(=O)CCc2cccc3ccccc23)CC1.O=C1OCc2cc(Cl)ccc2N1C1CCN(S(=O)(=O)c2ccccc2Cl)CC1. The average molecular weight is 2300 g/mol. The van der Waals surface area contributed by atoms with E-state index < -0.39 is 56.2 Å². The van der Waals surface area contributed by atoms with Crippen LogP contribution in [0.2, 0.25) is 25.1 Å². The molecule has 5 saturated heterocycles. The van der Waals surface area contributed by atoms with E-state index >= 15 is 0 Å². The van der Waals surface area contributed by atoms with Crippen LogP contribution in [0.3, 0.4) is 0 Å². The number of cyclic esters (lactones) is 5. The molecule has 145 heavy (non-hydrogen) atoms. The first-order valence-electron chi connectivity index (χ1n) is 47.2. The Morgan fingerprint density at radius 3 is 1.06 bits per heavy atom. The molecule has 11 aromatic rings. The van der Waals surface area contributed by atoms with Gasteiger partial charge in [0.1, 0.15) is 47.7 Å². The van der Waals surface area contributed by atoms with Gasteiger partial charge < -0.3 is 23.7 Å². The Morgan fingerprint density at radius 2 is 0.634 bits per heavy atom. The summed E-state index contributed by atoms with van der Waals surface area (Å²) in [6.45, 7) is 8.52. The normalized spacial score (nSPS) is 18.4. The molecule has 0 spiro atoms. The second kappa shape index (κ2) is 45.6. The third-order valence-electron chi connectivity index (χ3n) is 27.4. The lowest BCUT2D eigenvalue weighted by atomic mass is 10.00. The summed E-state index contributed by atoms with van der Waals surface area (Å²) in [5.41, 5.74) is 11.9. The highest BCUT2D eigenvalue weighted by Crippen LogP contribution is 2.44. The van der Waals surface area contributed by atoms with Gasteiger partial charge in [-0.25, -0.2) is 70.4 Å².